The fraction of sp³-hybridized carbons (Fsp3) is 0.231. The van der Waals surface area contributed by atoms with Crippen LogP contribution in [0.15, 0.2) is 134 Å². The molecule has 0 aliphatic carbocycles. The number of hydrogen-bond acceptors (Lipinski definition) is 10. The van der Waals surface area contributed by atoms with Gasteiger partial charge in [0.2, 0.25) is 5.91 Å². The average Bonchev–Trinajstić information content (AvgIpc) is 4.02. The Morgan fingerprint density at radius 1 is 0.582 bits per heavy atom. The lowest BCUT2D eigenvalue weighted by molar-refractivity contribution is -0.119. The Morgan fingerprint density at radius 3 is 1.54 bits per heavy atom. The van der Waals surface area contributed by atoms with Gasteiger partial charge >= 0.3 is 0 Å². The van der Waals surface area contributed by atoms with Crippen molar-refractivity contribution in [1.82, 2.24) is 49.7 Å². The van der Waals surface area contributed by atoms with Gasteiger partial charge in [-0.25, -0.2) is 19.9 Å². The maximum Gasteiger partial charge on any atom is 0.251 e. The fourth-order valence-electron chi connectivity index (χ4n) is 7.51. The van der Waals surface area contributed by atoms with Gasteiger partial charge in [0, 0.05) is 61.3 Å². The van der Waals surface area contributed by atoms with E-state index in [1.165, 1.54) is 7.05 Å². The number of likely N-dealkylation sites (N-methyl/N-ethyl adjacent to an activating group) is 1. The molecule has 0 saturated carbocycles. The zero-order valence-corrected chi connectivity index (χ0v) is 38.2. The van der Waals surface area contributed by atoms with Crippen molar-refractivity contribution in [3.63, 3.8) is 0 Å². The number of benzene rings is 4. The van der Waals surface area contributed by atoms with Crippen molar-refractivity contribution in [2.75, 3.05) is 43.9 Å². The van der Waals surface area contributed by atoms with E-state index in [1.807, 2.05) is 110 Å². The third kappa shape index (κ3) is 10.5. The number of hydrogen-bond donors (Lipinski definition) is 5. The zero-order chi connectivity index (χ0) is 46.9. The first-order chi connectivity index (χ1) is 32.6. The molecule has 0 radical (unpaired) electrons. The maximum absolute atomic E-state index is 12.6. The molecule has 0 bridgehead atoms. The number of pyridine rings is 1. The number of fused-ring (bicyclic) bond motifs is 6. The molecule has 0 spiro atoms. The van der Waals surface area contributed by atoms with E-state index in [4.69, 9.17) is 15.0 Å². The third-order valence-electron chi connectivity index (χ3n) is 11.0. The van der Waals surface area contributed by atoms with Crippen molar-refractivity contribution >= 4 is 62.7 Å². The topological polar surface area (TPSA) is 185 Å². The first-order valence-electron chi connectivity index (χ1n) is 22.4. The summed E-state index contributed by atoms with van der Waals surface area (Å²) in [7, 11) is 1.53. The molecule has 0 unspecified atom stereocenters. The van der Waals surface area contributed by atoms with E-state index in [2.05, 4.69) is 79.1 Å². The van der Waals surface area contributed by atoms with Gasteiger partial charge in [-0.05, 0) is 78.4 Å². The standard InChI is InChI=1S/C28H28N6O.C24H26N6O2/c1-19(2)16-31-26-27-32-18-25(34(27)24-8-4-3-7-23(24)33-26)21-9-11-22(12-10-21)28(35)30-15-13-20-6-5-14-29-17-20;1-15(2)12-26-22-23-27-13-20(30(23)19-7-5-4-6-18(19)29-22)16-8-10-17(11-9-16)24(32)28-14-21(31)25-3/h3-12,14,17-19H,13,15-16H2,1-2H3,(H,30,35)(H,31,33);4-11,13,15H,12,14H2,1-3H3,(H,25,31)(H,26,29)(H,28,32). The number of para-hydroxylation sites is 4. The van der Waals surface area contributed by atoms with Crippen LogP contribution in [0.5, 0.6) is 0 Å². The van der Waals surface area contributed by atoms with Crippen LogP contribution in [-0.2, 0) is 11.2 Å². The van der Waals surface area contributed by atoms with E-state index < -0.39 is 0 Å². The van der Waals surface area contributed by atoms with Crippen LogP contribution >= 0.6 is 0 Å². The lowest BCUT2D eigenvalue weighted by Crippen LogP contribution is -2.35. The maximum atomic E-state index is 12.6. The lowest BCUT2D eigenvalue weighted by atomic mass is 10.1. The van der Waals surface area contributed by atoms with E-state index in [1.54, 1.807) is 18.3 Å². The van der Waals surface area contributed by atoms with E-state index >= 15 is 0 Å². The summed E-state index contributed by atoms with van der Waals surface area (Å²) in [5.41, 5.74) is 11.2. The van der Waals surface area contributed by atoms with Crippen LogP contribution in [0.2, 0.25) is 0 Å². The Labute approximate surface area is 388 Å². The van der Waals surface area contributed by atoms with Gasteiger partial charge in [-0.2, -0.15) is 0 Å². The van der Waals surface area contributed by atoms with Gasteiger partial charge in [-0.1, -0.05) is 82.3 Å². The number of nitrogens with one attached hydrogen (secondary N) is 5. The van der Waals surface area contributed by atoms with Crippen LogP contribution in [0.4, 0.5) is 11.6 Å². The van der Waals surface area contributed by atoms with Crippen molar-refractivity contribution in [2.24, 2.45) is 11.8 Å². The van der Waals surface area contributed by atoms with Crippen molar-refractivity contribution < 1.29 is 14.4 Å². The number of nitrogens with zero attached hydrogens (tertiary/aromatic N) is 7. The second-order valence-electron chi connectivity index (χ2n) is 16.9. The van der Waals surface area contributed by atoms with E-state index in [-0.39, 0.29) is 24.3 Å². The molecule has 3 amide bonds. The zero-order valence-electron chi connectivity index (χ0n) is 38.2. The molecule has 5 aromatic heterocycles. The first-order valence-corrected chi connectivity index (χ1v) is 22.4. The molecule has 9 aromatic rings. The summed E-state index contributed by atoms with van der Waals surface area (Å²) in [6.45, 7) is 10.7. The highest BCUT2D eigenvalue weighted by Crippen LogP contribution is 2.30. The Morgan fingerprint density at radius 2 is 1.07 bits per heavy atom. The van der Waals surface area contributed by atoms with Crippen molar-refractivity contribution in [1.29, 1.82) is 0 Å². The Kier molecular flexibility index (Phi) is 14.1. The summed E-state index contributed by atoms with van der Waals surface area (Å²) >= 11 is 0. The molecule has 9 rings (SSSR count). The molecule has 5 heterocycles. The van der Waals surface area contributed by atoms with Crippen LogP contribution < -0.4 is 26.6 Å². The smallest absolute Gasteiger partial charge is 0.251 e. The van der Waals surface area contributed by atoms with Crippen LogP contribution in [0.3, 0.4) is 0 Å². The Balaban J connectivity index is 0.000000182. The molecule has 340 valence electrons. The van der Waals surface area contributed by atoms with Gasteiger partial charge in [0.15, 0.2) is 22.9 Å². The average molecular weight is 895 g/mol. The predicted octanol–water partition coefficient (Wildman–Crippen LogP) is 8.08. The van der Waals surface area contributed by atoms with E-state index in [9.17, 15) is 14.4 Å². The third-order valence-corrected chi connectivity index (χ3v) is 11.0. The Bertz CT molecular complexity index is 3160. The highest BCUT2D eigenvalue weighted by Gasteiger charge is 2.18. The molecule has 0 fully saturated rings. The monoisotopic (exact) mass is 894 g/mol. The summed E-state index contributed by atoms with van der Waals surface area (Å²) in [4.78, 5) is 59.3. The molecule has 4 aromatic carbocycles. The highest BCUT2D eigenvalue weighted by atomic mass is 16.2. The van der Waals surface area contributed by atoms with Crippen LogP contribution in [0.25, 0.3) is 55.9 Å². The van der Waals surface area contributed by atoms with Crippen LogP contribution in [0, 0.1) is 11.8 Å². The van der Waals surface area contributed by atoms with Gasteiger partial charge in [-0.15, -0.1) is 0 Å². The van der Waals surface area contributed by atoms with Crippen LogP contribution in [0.1, 0.15) is 54.0 Å². The van der Waals surface area contributed by atoms with Gasteiger partial charge in [-0.3, -0.25) is 28.2 Å². The number of aromatic nitrogens is 7. The lowest BCUT2D eigenvalue weighted by Gasteiger charge is -2.13. The predicted molar refractivity (Wildman–Crippen MR) is 265 cm³/mol. The fourth-order valence-corrected chi connectivity index (χ4v) is 7.51. The second kappa shape index (κ2) is 20.7. The minimum absolute atomic E-state index is 0.0600. The number of rotatable bonds is 15. The molecule has 0 atom stereocenters. The van der Waals surface area contributed by atoms with Gasteiger partial charge in [0.05, 0.1) is 52.4 Å². The number of carbonyl (C=O) groups excluding carboxylic acids is 3. The summed E-state index contributed by atoms with van der Waals surface area (Å²) < 4.78 is 4.22. The number of imidazole rings is 2. The minimum Gasteiger partial charge on any atom is -0.367 e. The summed E-state index contributed by atoms with van der Waals surface area (Å²) in [6, 6.07) is 34.8. The minimum atomic E-state index is -0.298. The highest BCUT2D eigenvalue weighted by molar-refractivity contribution is 5.97. The molecule has 0 aliphatic rings. The quantitative estimate of drug-likeness (QED) is 0.0674. The molecular weight excluding hydrogens is 841 g/mol. The molecule has 15 nitrogen and oxygen atoms in total. The number of anilines is 2. The van der Waals surface area contributed by atoms with Gasteiger partial charge < -0.3 is 26.6 Å². The van der Waals surface area contributed by atoms with Crippen molar-refractivity contribution in [3.05, 3.63) is 151 Å². The molecule has 67 heavy (non-hydrogen) atoms. The largest absolute Gasteiger partial charge is 0.367 e. The molecule has 0 aliphatic heterocycles. The van der Waals surface area contributed by atoms with E-state index in [0.29, 0.717) is 29.5 Å². The van der Waals surface area contributed by atoms with Crippen molar-refractivity contribution in [3.8, 4) is 22.5 Å². The summed E-state index contributed by atoms with van der Waals surface area (Å²) in [5.74, 6) is 1.84. The second-order valence-corrected chi connectivity index (χ2v) is 16.9. The normalized spacial score (nSPS) is 11.2. The first kappa shape index (κ1) is 45.4. The molecule has 5 N–H and O–H groups in total. The van der Waals surface area contributed by atoms with Gasteiger partial charge in [0.25, 0.3) is 11.8 Å². The SMILES string of the molecule is CC(C)CNc1nc2ccccc2n2c(-c3ccc(C(=O)NCCc4cccnc4)cc3)cnc12.CNC(=O)CNC(=O)c1ccc(-c2cnc3c(NCC(C)C)nc4ccccc4n23)cc1. The summed E-state index contributed by atoms with van der Waals surface area (Å²) in [5, 5.41) is 14.9. The molecule has 15 heteroatoms. The van der Waals surface area contributed by atoms with Crippen LogP contribution in [-0.4, -0.2) is 84.7 Å². The van der Waals surface area contributed by atoms with Crippen molar-refractivity contribution in [2.45, 2.75) is 34.1 Å². The summed E-state index contributed by atoms with van der Waals surface area (Å²) in [6.07, 6.45) is 8.00. The van der Waals surface area contributed by atoms with Gasteiger partial charge in [0.1, 0.15) is 0 Å². The number of carbonyl (C=O) groups is 3. The number of amides is 3. The molecule has 0 saturated heterocycles. The molecular formula is C52H54N12O3. The van der Waals surface area contributed by atoms with E-state index in [0.717, 1.165) is 92.6 Å². The Hall–Kier alpha value is -8.20.